The lowest BCUT2D eigenvalue weighted by atomic mass is 10.1. The molecule has 2 heterocycles. The number of rotatable bonds is 5. The minimum atomic E-state index is -0.248. The summed E-state index contributed by atoms with van der Waals surface area (Å²) in [6.45, 7) is 7.01. The zero-order valence-electron chi connectivity index (χ0n) is 11.2. The van der Waals surface area contributed by atoms with Crippen LogP contribution in [-0.4, -0.2) is 23.1 Å². The van der Waals surface area contributed by atoms with Gasteiger partial charge in [-0.3, -0.25) is 0 Å². The van der Waals surface area contributed by atoms with E-state index in [-0.39, 0.29) is 5.69 Å². The number of aromatic amines is 1. The van der Waals surface area contributed by atoms with E-state index >= 15 is 0 Å². The summed E-state index contributed by atoms with van der Waals surface area (Å²) in [6, 6.07) is 0. The Morgan fingerprint density at radius 3 is 3.06 bits per heavy atom. The molecule has 0 bridgehead atoms. The number of nitrogens with zero attached hydrogens (tertiary/aromatic N) is 1. The normalized spacial score (nSPS) is 14.6. The molecule has 0 unspecified atom stereocenters. The summed E-state index contributed by atoms with van der Waals surface area (Å²) >= 11 is 0. The molecule has 5 nitrogen and oxygen atoms in total. The van der Waals surface area contributed by atoms with E-state index in [1.54, 1.807) is 0 Å². The third-order valence-corrected chi connectivity index (χ3v) is 3.23. The molecule has 0 radical (unpaired) electrons. The summed E-state index contributed by atoms with van der Waals surface area (Å²) in [5.41, 5.74) is 1.90. The monoisotopic (exact) mass is 250 g/mol. The predicted octanol–water partition coefficient (Wildman–Crippen LogP) is 1.26. The van der Waals surface area contributed by atoms with Crippen molar-refractivity contribution in [3.05, 3.63) is 21.7 Å². The Balaban J connectivity index is 2.03. The molecule has 1 aromatic rings. The molecule has 0 aliphatic carbocycles. The van der Waals surface area contributed by atoms with Gasteiger partial charge < -0.3 is 15.6 Å². The molecule has 18 heavy (non-hydrogen) atoms. The summed E-state index contributed by atoms with van der Waals surface area (Å²) in [6.07, 6.45) is 3.17. The Bertz CT molecular complexity index is 453. The predicted molar refractivity (Wildman–Crippen MR) is 72.8 cm³/mol. The Hall–Kier alpha value is -1.36. The van der Waals surface area contributed by atoms with Crippen LogP contribution >= 0.6 is 0 Å². The number of hydrogen-bond acceptors (Lipinski definition) is 4. The van der Waals surface area contributed by atoms with Crippen LogP contribution < -0.4 is 16.3 Å². The highest BCUT2D eigenvalue weighted by molar-refractivity contribution is 5.46. The molecule has 1 aliphatic rings. The number of H-pyrrole nitrogens is 1. The molecular formula is C13H22N4O. The quantitative estimate of drug-likeness (QED) is 0.688. The zero-order valence-corrected chi connectivity index (χ0v) is 11.2. The number of nitrogens with one attached hydrogen (secondary N) is 3. The lowest BCUT2D eigenvalue weighted by Crippen LogP contribution is -2.30. The van der Waals surface area contributed by atoms with E-state index < -0.39 is 0 Å². The lowest BCUT2D eigenvalue weighted by Gasteiger charge is -2.19. The van der Waals surface area contributed by atoms with Gasteiger partial charge in [-0.25, -0.2) is 4.79 Å². The highest BCUT2D eigenvalue weighted by Gasteiger charge is 2.15. The van der Waals surface area contributed by atoms with E-state index in [9.17, 15) is 4.79 Å². The van der Waals surface area contributed by atoms with Crippen molar-refractivity contribution in [1.82, 2.24) is 15.3 Å². The second kappa shape index (κ2) is 6.00. The Morgan fingerprint density at radius 2 is 2.28 bits per heavy atom. The van der Waals surface area contributed by atoms with E-state index in [4.69, 9.17) is 0 Å². The highest BCUT2D eigenvalue weighted by Crippen LogP contribution is 2.17. The third-order valence-electron chi connectivity index (χ3n) is 3.23. The van der Waals surface area contributed by atoms with Crippen LogP contribution in [0, 0.1) is 5.92 Å². The second-order valence-corrected chi connectivity index (χ2v) is 5.24. The molecule has 0 amide bonds. The minimum absolute atomic E-state index is 0.248. The molecule has 0 saturated heterocycles. The molecule has 0 spiro atoms. The van der Waals surface area contributed by atoms with Gasteiger partial charge in [-0.05, 0) is 18.8 Å². The molecule has 0 atom stereocenters. The van der Waals surface area contributed by atoms with Crippen LogP contribution in [-0.2, 0) is 13.0 Å². The second-order valence-electron chi connectivity index (χ2n) is 5.24. The molecule has 1 aliphatic heterocycles. The van der Waals surface area contributed by atoms with Crippen molar-refractivity contribution in [2.75, 3.05) is 18.4 Å². The SMILES string of the molecule is CC(C)CCCNc1nc(=O)[nH]c2c1CNCC2. The van der Waals surface area contributed by atoms with Crippen LogP contribution in [0.5, 0.6) is 0 Å². The first kappa shape index (κ1) is 13.1. The molecule has 0 saturated carbocycles. The van der Waals surface area contributed by atoms with E-state index in [0.29, 0.717) is 0 Å². The molecule has 2 rings (SSSR count). The maximum Gasteiger partial charge on any atom is 0.347 e. The minimum Gasteiger partial charge on any atom is -0.370 e. The van der Waals surface area contributed by atoms with E-state index in [2.05, 4.69) is 34.4 Å². The summed E-state index contributed by atoms with van der Waals surface area (Å²) in [4.78, 5) is 18.3. The molecule has 0 fully saturated rings. The van der Waals surface area contributed by atoms with Crippen molar-refractivity contribution in [2.24, 2.45) is 5.92 Å². The fraction of sp³-hybridized carbons (Fsp3) is 0.692. The van der Waals surface area contributed by atoms with Crippen LogP contribution in [0.15, 0.2) is 4.79 Å². The first-order chi connectivity index (χ1) is 8.66. The van der Waals surface area contributed by atoms with Crippen LogP contribution in [0.2, 0.25) is 0 Å². The van der Waals surface area contributed by atoms with Gasteiger partial charge in [0.25, 0.3) is 0 Å². The Kier molecular flexibility index (Phi) is 4.36. The van der Waals surface area contributed by atoms with Crippen LogP contribution in [0.4, 0.5) is 5.82 Å². The van der Waals surface area contributed by atoms with Gasteiger partial charge in [0, 0.05) is 37.3 Å². The summed E-state index contributed by atoms with van der Waals surface area (Å²) in [5, 5.41) is 6.61. The molecule has 3 N–H and O–H groups in total. The van der Waals surface area contributed by atoms with Crippen molar-refractivity contribution in [3.63, 3.8) is 0 Å². The summed E-state index contributed by atoms with van der Waals surface area (Å²) in [5.74, 6) is 1.47. The van der Waals surface area contributed by atoms with Crippen molar-refractivity contribution in [3.8, 4) is 0 Å². The van der Waals surface area contributed by atoms with E-state index in [1.807, 2.05) is 0 Å². The average Bonchev–Trinajstić information content (AvgIpc) is 2.34. The standard InChI is InChI=1S/C13H22N4O/c1-9(2)4-3-6-15-12-10-8-14-7-5-11(10)16-13(18)17-12/h9,14H,3-8H2,1-2H3,(H2,15,16,17,18). The summed E-state index contributed by atoms with van der Waals surface area (Å²) < 4.78 is 0. The van der Waals surface area contributed by atoms with E-state index in [1.165, 1.54) is 6.42 Å². The van der Waals surface area contributed by atoms with Gasteiger partial charge in [-0.15, -0.1) is 0 Å². The number of anilines is 1. The van der Waals surface area contributed by atoms with Crippen LogP contribution in [0.3, 0.4) is 0 Å². The van der Waals surface area contributed by atoms with Gasteiger partial charge in [0.05, 0.1) is 0 Å². The Labute approximate surface area is 107 Å². The van der Waals surface area contributed by atoms with Crippen molar-refractivity contribution >= 4 is 5.82 Å². The first-order valence-electron chi connectivity index (χ1n) is 6.73. The highest BCUT2D eigenvalue weighted by atomic mass is 16.1. The van der Waals surface area contributed by atoms with Gasteiger partial charge in [-0.1, -0.05) is 13.8 Å². The smallest absolute Gasteiger partial charge is 0.347 e. The van der Waals surface area contributed by atoms with Crippen molar-refractivity contribution < 1.29 is 0 Å². The zero-order chi connectivity index (χ0) is 13.0. The van der Waals surface area contributed by atoms with Gasteiger partial charge in [0.1, 0.15) is 5.82 Å². The number of hydrogen-bond donors (Lipinski definition) is 3. The maximum absolute atomic E-state index is 11.5. The van der Waals surface area contributed by atoms with Gasteiger partial charge in [0.2, 0.25) is 0 Å². The molecular weight excluding hydrogens is 228 g/mol. The Morgan fingerprint density at radius 1 is 1.44 bits per heavy atom. The number of fused-ring (bicyclic) bond motifs is 1. The van der Waals surface area contributed by atoms with Gasteiger partial charge in [0.15, 0.2) is 0 Å². The van der Waals surface area contributed by atoms with Crippen LogP contribution in [0.25, 0.3) is 0 Å². The molecule has 0 aromatic carbocycles. The molecule has 1 aromatic heterocycles. The largest absolute Gasteiger partial charge is 0.370 e. The summed E-state index contributed by atoms with van der Waals surface area (Å²) in [7, 11) is 0. The van der Waals surface area contributed by atoms with Crippen molar-refractivity contribution in [2.45, 2.75) is 39.7 Å². The topological polar surface area (TPSA) is 69.8 Å². The fourth-order valence-electron chi connectivity index (χ4n) is 2.24. The van der Waals surface area contributed by atoms with Crippen molar-refractivity contribution in [1.29, 1.82) is 0 Å². The van der Waals surface area contributed by atoms with E-state index in [0.717, 1.165) is 55.5 Å². The fourth-order valence-corrected chi connectivity index (χ4v) is 2.24. The number of aromatic nitrogens is 2. The first-order valence-corrected chi connectivity index (χ1v) is 6.73. The lowest BCUT2D eigenvalue weighted by molar-refractivity contribution is 0.565. The maximum atomic E-state index is 11.5. The van der Waals surface area contributed by atoms with Gasteiger partial charge in [-0.2, -0.15) is 4.98 Å². The van der Waals surface area contributed by atoms with Crippen LogP contribution in [0.1, 0.15) is 37.9 Å². The average molecular weight is 250 g/mol. The molecule has 100 valence electrons. The van der Waals surface area contributed by atoms with Gasteiger partial charge >= 0.3 is 5.69 Å². The molecule has 5 heteroatoms. The third kappa shape index (κ3) is 3.32.